The summed E-state index contributed by atoms with van der Waals surface area (Å²) in [5, 5.41) is 12.1. The number of thioether (sulfide) groups is 1. The molecule has 1 atom stereocenters. The zero-order valence-electron chi connectivity index (χ0n) is 13.8. The summed E-state index contributed by atoms with van der Waals surface area (Å²) in [6.45, 7) is 0.249. The van der Waals surface area contributed by atoms with Crippen molar-refractivity contribution in [1.29, 1.82) is 0 Å². The highest BCUT2D eigenvalue weighted by atomic mass is 32.2. The van der Waals surface area contributed by atoms with Gasteiger partial charge in [-0.3, -0.25) is 14.9 Å². The second-order valence-corrected chi connectivity index (χ2v) is 7.29. The lowest BCUT2D eigenvalue weighted by atomic mass is 10.2. The molecule has 0 spiro atoms. The van der Waals surface area contributed by atoms with Crippen LogP contribution < -0.4 is 14.8 Å². The van der Waals surface area contributed by atoms with E-state index < -0.39 is 17.9 Å². The van der Waals surface area contributed by atoms with Gasteiger partial charge in [-0.1, -0.05) is 30.0 Å². The van der Waals surface area contributed by atoms with Crippen molar-refractivity contribution in [3.8, 4) is 11.5 Å². The second kappa shape index (κ2) is 7.80. The Morgan fingerprint density at radius 3 is 2.85 bits per heavy atom. The molecule has 2 amide bonds. The molecule has 1 aliphatic rings. The van der Waals surface area contributed by atoms with Crippen LogP contribution in [-0.4, -0.2) is 34.4 Å². The van der Waals surface area contributed by atoms with Crippen molar-refractivity contribution in [1.82, 2.24) is 15.5 Å². The maximum absolute atomic E-state index is 11.9. The average Bonchev–Trinajstić information content (AvgIpc) is 3.38. The van der Waals surface area contributed by atoms with Crippen molar-refractivity contribution in [2.45, 2.75) is 11.3 Å². The van der Waals surface area contributed by atoms with Crippen LogP contribution in [0.25, 0.3) is 0 Å². The lowest BCUT2D eigenvalue weighted by Crippen LogP contribution is -2.31. The predicted octanol–water partition coefficient (Wildman–Crippen LogP) is 2.69. The molecular formula is C17H13N3O5S2. The summed E-state index contributed by atoms with van der Waals surface area (Å²) < 4.78 is 17.0. The minimum absolute atomic E-state index is 0.0242. The molecule has 1 aliphatic heterocycles. The number of amides is 2. The van der Waals surface area contributed by atoms with Gasteiger partial charge in [0.05, 0.1) is 10.6 Å². The first-order valence-corrected chi connectivity index (χ1v) is 9.78. The van der Waals surface area contributed by atoms with Crippen LogP contribution in [0.4, 0.5) is 0 Å². The van der Waals surface area contributed by atoms with E-state index in [1.54, 1.807) is 23.6 Å². The monoisotopic (exact) mass is 403 g/mol. The van der Waals surface area contributed by atoms with E-state index in [0.29, 0.717) is 16.4 Å². The number of nitrogens with one attached hydrogen (secondary N) is 1. The molecule has 3 aromatic rings. The molecule has 3 heterocycles. The summed E-state index contributed by atoms with van der Waals surface area (Å²) in [5.41, 5.74) is 0. The Labute approximate surface area is 161 Å². The molecule has 2 aromatic heterocycles. The summed E-state index contributed by atoms with van der Waals surface area (Å²) in [6.07, 6.45) is -0.518. The Balaban J connectivity index is 1.31. The lowest BCUT2D eigenvalue weighted by molar-refractivity contribution is -0.117. The Morgan fingerprint density at radius 1 is 1.19 bits per heavy atom. The van der Waals surface area contributed by atoms with Crippen molar-refractivity contribution in [2.24, 2.45) is 0 Å². The maximum Gasteiger partial charge on any atom is 0.277 e. The van der Waals surface area contributed by atoms with Gasteiger partial charge >= 0.3 is 0 Å². The van der Waals surface area contributed by atoms with E-state index in [0.717, 1.165) is 11.8 Å². The zero-order valence-corrected chi connectivity index (χ0v) is 15.4. The van der Waals surface area contributed by atoms with Gasteiger partial charge in [-0.2, -0.15) is 0 Å². The first-order valence-electron chi connectivity index (χ1n) is 7.91. The van der Waals surface area contributed by atoms with Gasteiger partial charge in [0, 0.05) is 0 Å². The van der Waals surface area contributed by atoms with Gasteiger partial charge in [0.1, 0.15) is 6.61 Å². The molecule has 138 valence electrons. The first-order chi connectivity index (χ1) is 13.2. The SMILES string of the molecule is O=C(CSc1nnc(C2COc3ccccc3O2)o1)NC(=O)c1cccs1. The Morgan fingerprint density at radius 2 is 2.04 bits per heavy atom. The number of hydrogen-bond acceptors (Lipinski definition) is 9. The average molecular weight is 403 g/mol. The number of carbonyl (C=O) groups is 2. The molecule has 1 N–H and O–H groups in total. The number of para-hydroxylation sites is 2. The third kappa shape index (κ3) is 4.12. The number of imide groups is 1. The van der Waals surface area contributed by atoms with Crippen LogP contribution in [0.3, 0.4) is 0 Å². The minimum Gasteiger partial charge on any atom is -0.485 e. The molecule has 0 saturated carbocycles. The molecule has 10 heteroatoms. The number of benzene rings is 1. The zero-order chi connectivity index (χ0) is 18.6. The largest absolute Gasteiger partial charge is 0.485 e. The van der Waals surface area contributed by atoms with Crippen LogP contribution in [0.15, 0.2) is 51.4 Å². The van der Waals surface area contributed by atoms with Gasteiger partial charge in [0.15, 0.2) is 11.5 Å². The Kier molecular flexibility index (Phi) is 5.07. The van der Waals surface area contributed by atoms with Crippen molar-refractivity contribution < 1.29 is 23.5 Å². The topological polar surface area (TPSA) is 104 Å². The van der Waals surface area contributed by atoms with Crippen molar-refractivity contribution in [3.63, 3.8) is 0 Å². The minimum atomic E-state index is -0.518. The van der Waals surface area contributed by atoms with E-state index in [9.17, 15) is 9.59 Å². The fourth-order valence-corrected chi connectivity index (χ4v) is 3.50. The number of fused-ring (bicyclic) bond motifs is 1. The molecule has 0 saturated heterocycles. The third-order valence-corrected chi connectivity index (χ3v) is 5.22. The van der Waals surface area contributed by atoms with Gasteiger partial charge < -0.3 is 13.9 Å². The normalized spacial score (nSPS) is 15.3. The molecule has 8 nitrogen and oxygen atoms in total. The number of ether oxygens (including phenoxy) is 2. The number of aromatic nitrogens is 2. The fourth-order valence-electron chi connectivity index (χ4n) is 2.31. The molecular weight excluding hydrogens is 390 g/mol. The summed E-state index contributed by atoms with van der Waals surface area (Å²) in [6, 6.07) is 10.7. The maximum atomic E-state index is 11.9. The lowest BCUT2D eigenvalue weighted by Gasteiger charge is -2.23. The molecule has 4 rings (SSSR count). The first kappa shape index (κ1) is 17.6. The highest BCUT2D eigenvalue weighted by Crippen LogP contribution is 2.35. The predicted molar refractivity (Wildman–Crippen MR) is 97.1 cm³/mol. The summed E-state index contributed by atoms with van der Waals surface area (Å²) in [7, 11) is 0. The van der Waals surface area contributed by atoms with Crippen LogP contribution in [0.1, 0.15) is 21.7 Å². The van der Waals surface area contributed by atoms with Crippen LogP contribution in [0.2, 0.25) is 0 Å². The van der Waals surface area contributed by atoms with Crippen LogP contribution in [-0.2, 0) is 4.79 Å². The van der Waals surface area contributed by atoms with Gasteiger partial charge in [-0.25, -0.2) is 0 Å². The van der Waals surface area contributed by atoms with Crippen LogP contribution >= 0.6 is 23.1 Å². The van der Waals surface area contributed by atoms with Gasteiger partial charge in [0.25, 0.3) is 17.0 Å². The number of carbonyl (C=O) groups excluding carboxylic acids is 2. The van der Waals surface area contributed by atoms with Gasteiger partial charge in [-0.15, -0.1) is 21.5 Å². The van der Waals surface area contributed by atoms with E-state index >= 15 is 0 Å². The smallest absolute Gasteiger partial charge is 0.277 e. The Bertz CT molecular complexity index is 957. The highest BCUT2D eigenvalue weighted by Gasteiger charge is 2.27. The van der Waals surface area contributed by atoms with Gasteiger partial charge in [-0.05, 0) is 23.6 Å². The fraction of sp³-hybridized carbons (Fsp3) is 0.176. The van der Waals surface area contributed by atoms with Gasteiger partial charge in [0.2, 0.25) is 12.0 Å². The van der Waals surface area contributed by atoms with E-state index in [1.807, 2.05) is 18.2 Å². The summed E-state index contributed by atoms with van der Waals surface area (Å²) in [5.74, 6) is 0.645. The molecule has 1 unspecified atom stereocenters. The van der Waals surface area contributed by atoms with Crippen LogP contribution in [0, 0.1) is 0 Å². The molecule has 0 bridgehead atoms. The standard InChI is InChI=1S/C17H13N3O5S2/c21-14(18-15(22)13-6-3-7-26-13)9-27-17-20-19-16(25-17)12-8-23-10-4-1-2-5-11(10)24-12/h1-7,12H,8-9H2,(H,18,21,22). The summed E-state index contributed by atoms with van der Waals surface area (Å²) >= 11 is 2.30. The van der Waals surface area contributed by atoms with E-state index in [2.05, 4.69) is 15.5 Å². The Hall–Kier alpha value is -2.85. The van der Waals surface area contributed by atoms with E-state index in [4.69, 9.17) is 13.9 Å². The summed E-state index contributed by atoms with van der Waals surface area (Å²) in [4.78, 5) is 24.2. The van der Waals surface area contributed by atoms with Crippen molar-refractivity contribution in [3.05, 3.63) is 52.5 Å². The molecule has 27 heavy (non-hydrogen) atoms. The van der Waals surface area contributed by atoms with E-state index in [-0.39, 0.29) is 23.5 Å². The molecule has 1 aromatic carbocycles. The van der Waals surface area contributed by atoms with Crippen LogP contribution in [0.5, 0.6) is 11.5 Å². The number of thiophene rings is 1. The number of rotatable bonds is 5. The number of hydrogen-bond donors (Lipinski definition) is 1. The second-order valence-electron chi connectivity index (χ2n) is 5.41. The quantitative estimate of drug-likeness (QED) is 0.649. The van der Waals surface area contributed by atoms with Crippen molar-refractivity contribution in [2.75, 3.05) is 12.4 Å². The third-order valence-electron chi connectivity index (χ3n) is 3.53. The highest BCUT2D eigenvalue weighted by molar-refractivity contribution is 7.99. The van der Waals surface area contributed by atoms with Crippen molar-refractivity contribution >= 4 is 34.9 Å². The molecule has 0 fully saturated rings. The van der Waals surface area contributed by atoms with E-state index in [1.165, 1.54) is 11.3 Å². The molecule has 0 aliphatic carbocycles. The molecule has 0 radical (unpaired) electrons. The number of nitrogens with zero attached hydrogens (tertiary/aromatic N) is 2.